The monoisotopic (exact) mass is 222 g/mol. The Balaban J connectivity index is 2.63. The number of carbonyl (C=O) groups excluding carboxylic acids is 1. The number of amides is 1. The molecule has 0 radical (unpaired) electrons. The molecule has 4 nitrogen and oxygen atoms in total. The first kappa shape index (κ1) is 12.7. The van der Waals surface area contributed by atoms with Crippen LogP contribution in [0.4, 0.5) is 0 Å². The van der Waals surface area contributed by atoms with Crippen LogP contribution in [0.5, 0.6) is 0 Å². The van der Waals surface area contributed by atoms with E-state index in [2.05, 4.69) is 5.32 Å². The van der Waals surface area contributed by atoms with E-state index in [1.54, 1.807) is 19.1 Å². The highest BCUT2D eigenvalue weighted by atomic mass is 16.3. The van der Waals surface area contributed by atoms with E-state index in [0.29, 0.717) is 12.1 Å². The summed E-state index contributed by atoms with van der Waals surface area (Å²) in [4.78, 5) is 11.6. The lowest BCUT2D eigenvalue weighted by atomic mass is 10.1. The summed E-state index contributed by atoms with van der Waals surface area (Å²) in [6.07, 6.45) is 0.814. The Morgan fingerprint density at radius 2 is 2.06 bits per heavy atom. The molecule has 1 atom stereocenters. The van der Waals surface area contributed by atoms with Crippen molar-refractivity contribution in [2.24, 2.45) is 5.73 Å². The van der Waals surface area contributed by atoms with Gasteiger partial charge in [0.1, 0.15) is 0 Å². The van der Waals surface area contributed by atoms with E-state index in [4.69, 9.17) is 10.8 Å². The topological polar surface area (TPSA) is 75.3 Å². The first-order chi connectivity index (χ1) is 7.67. The molecule has 0 unspecified atom stereocenters. The molecule has 0 saturated heterocycles. The Labute approximate surface area is 95.5 Å². The quantitative estimate of drug-likeness (QED) is 0.670. The summed E-state index contributed by atoms with van der Waals surface area (Å²) < 4.78 is 0. The standard InChI is InChI=1S/C12H18N2O2/c1-9(8-15)14-12(16)11-4-2-10(3-5-11)6-7-13/h2-5,9,15H,6-8,13H2,1H3,(H,14,16)/t9-/m1/s1. The normalized spacial score (nSPS) is 12.2. The molecule has 16 heavy (non-hydrogen) atoms. The Kier molecular flexibility index (Phi) is 4.95. The largest absolute Gasteiger partial charge is 0.394 e. The fourth-order valence-electron chi connectivity index (χ4n) is 1.34. The molecule has 0 aliphatic carbocycles. The predicted octanol–water partition coefficient (Wildman–Crippen LogP) is 0.298. The van der Waals surface area contributed by atoms with Gasteiger partial charge in [-0.2, -0.15) is 0 Å². The van der Waals surface area contributed by atoms with Crippen molar-refractivity contribution in [1.29, 1.82) is 0 Å². The fourth-order valence-corrected chi connectivity index (χ4v) is 1.34. The van der Waals surface area contributed by atoms with Crippen molar-refractivity contribution in [1.82, 2.24) is 5.32 Å². The Morgan fingerprint density at radius 1 is 1.44 bits per heavy atom. The van der Waals surface area contributed by atoms with Gasteiger partial charge in [0.2, 0.25) is 0 Å². The summed E-state index contributed by atoms with van der Waals surface area (Å²) in [5.74, 6) is -0.166. The van der Waals surface area contributed by atoms with Gasteiger partial charge >= 0.3 is 0 Å². The maximum absolute atomic E-state index is 11.6. The molecule has 1 rings (SSSR count). The van der Waals surface area contributed by atoms with Gasteiger partial charge in [0.25, 0.3) is 5.91 Å². The number of hydrogen-bond donors (Lipinski definition) is 3. The summed E-state index contributed by atoms with van der Waals surface area (Å²) in [5, 5.41) is 11.5. The SMILES string of the molecule is C[C@H](CO)NC(=O)c1ccc(CCN)cc1. The fraction of sp³-hybridized carbons (Fsp3) is 0.417. The molecule has 4 N–H and O–H groups in total. The van der Waals surface area contributed by atoms with Crippen LogP contribution in [0, 0.1) is 0 Å². The van der Waals surface area contributed by atoms with Crippen LogP contribution in [-0.2, 0) is 6.42 Å². The lowest BCUT2D eigenvalue weighted by Crippen LogP contribution is -2.34. The van der Waals surface area contributed by atoms with E-state index in [9.17, 15) is 4.79 Å². The highest BCUT2D eigenvalue weighted by Gasteiger charge is 2.08. The third-order valence-electron chi connectivity index (χ3n) is 2.30. The molecule has 88 valence electrons. The van der Waals surface area contributed by atoms with E-state index >= 15 is 0 Å². The Bertz CT molecular complexity index is 335. The third-order valence-corrected chi connectivity index (χ3v) is 2.30. The summed E-state index contributed by atoms with van der Waals surface area (Å²) >= 11 is 0. The molecule has 0 heterocycles. The van der Waals surface area contributed by atoms with Gasteiger partial charge in [-0.3, -0.25) is 4.79 Å². The van der Waals surface area contributed by atoms with Crippen molar-refractivity contribution >= 4 is 5.91 Å². The highest BCUT2D eigenvalue weighted by Crippen LogP contribution is 2.05. The molecule has 0 aromatic heterocycles. The first-order valence-corrected chi connectivity index (χ1v) is 5.38. The number of nitrogens with one attached hydrogen (secondary N) is 1. The highest BCUT2D eigenvalue weighted by molar-refractivity contribution is 5.94. The molecule has 1 amide bonds. The van der Waals surface area contributed by atoms with Crippen molar-refractivity contribution in [2.75, 3.05) is 13.2 Å². The first-order valence-electron chi connectivity index (χ1n) is 5.38. The van der Waals surface area contributed by atoms with Crippen molar-refractivity contribution in [3.8, 4) is 0 Å². The average Bonchev–Trinajstić information content (AvgIpc) is 2.30. The summed E-state index contributed by atoms with van der Waals surface area (Å²) in [7, 11) is 0. The Hall–Kier alpha value is -1.39. The minimum atomic E-state index is -0.226. The van der Waals surface area contributed by atoms with Gasteiger partial charge in [0.05, 0.1) is 6.61 Å². The molecule has 0 fully saturated rings. The number of hydrogen-bond acceptors (Lipinski definition) is 3. The molecule has 0 saturated carbocycles. The molecule has 0 aliphatic heterocycles. The van der Waals surface area contributed by atoms with Crippen molar-refractivity contribution in [3.63, 3.8) is 0 Å². The minimum absolute atomic E-state index is 0.0585. The van der Waals surface area contributed by atoms with Crippen molar-refractivity contribution in [3.05, 3.63) is 35.4 Å². The second kappa shape index (κ2) is 6.25. The van der Waals surface area contributed by atoms with E-state index < -0.39 is 0 Å². The number of rotatable bonds is 5. The second-order valence-electron chi connectivity index (χ2n) is 3.79. The van der Waals surface area contributed by atoms with Gasteiger partial charge < -0.3 is 16.2 Å². The van der Waals surface area contributed by atoms with Crippen LogP contribution < -0.4 is 11.1 Å². The zero-order valence-electron chi connectivity index (χ0n) is 9.44. The maximum atomic E-state index is 11.6. The lowest BCUT2D eigenvalue weighted by Gasteiger charge is -2.10. The number of aliphatic hydroxyl groups excluding tert-OH is 1. The number of nitrogens with two attached hydrogens (primary N) is 1. The van der Waals surface area contributed by atoms with Gasteiger partial charge in [-0.05, 0) is 37.6 Å². The number of benzene rings is 1. The molecular weight excluding hydrogens is 204 g/mol. The molecule has 1 aromatic rings. The molecule has 1 aromatic carbocycles. The third kappa shape index (κ3) is 3.64. The number of carbonyl (C=O) groups is 1. The molecule has 0 bridgehead atoms. The smallest absolute Gasteiger partial charge is 0.251 e. The maximum Gasteiger partial charge on any atom is 0.251 e. The molecule has 0 spiro atoms. The lowest BCUT2D eigenvalue weighted by molar-refractivity contribution is 0.0922. The van der Waals surface area contributed by atoms with Crippen LogP contribution in [-0.4, -0.2) is 30.2 Å². The number of aliphatic hydroxyl groups is 1. The van der Waals surface area contributed by atoms with Crippen LogP contribution in [0.3, 0.4) is 0 Å². The van der Waals surface area contributed by atoms with Gasteiger partial charge in [0.15, 0.2) is 0 Å². The van der Waals surface area contributed by atoms with E-state index in [-0.39, 0.29) is 18.6 Å². The van der Waals surface area contributed by atoms with Crippen LogP contribution in [0.1, 0.15) is 22.8 Å². The summed E-state index contributed by atoms with van der Waals surface area (Å²) in [6.45, 7) is 2.30. The average molecular weight is 222 g/mol. The van der Waals surface area contributed by atoms with Gasteiger partial charge in [0, 0.05) is 11.6 Å². The van der Waals surface area contributed by atoms with Crippen molar-refractivity contribution in [2.45, 2.75) is 19.4 Å². The van der Waals surface area contributed by atoms with Crippen LogP contribution >= 0.6 is 0 Å². The second-order valence-corrected chi connectivity index (χ2v) is 3.79. The van der Waals surface area contributed by atoms with Crippen LogP contribution in [0.15, 0.2) is 24.3 Å². The molecule has 4 heteroatoms. The summed E-state index contributed by atoms with van der Waals surface area (Å²) in [5.41, 5.74) is 7.15. The van der Waals surface area contributed by atoms with E-state index in [1.165, 1.54) is 0 Å². The predicted molar refractivity (Wildman–Crippen MR) is 63.2 cm³/mol. The Morgan fingerprint density at radius 3 is 2.56 bits per heavy atom. The molecular formula is C12H18N2O2. The van der Waals surface area contributed by atoms with Gasteiger partial charge in [-0.15, -0.1) is 0 Å². The van der Waals surface area contributed by atoms with Crippen molar-refractivity contribution < 1.29 is 9.90 Å². The van der Waals surface area contributed by atoms with Crippen LogP contribution in [0.2, 0.25) is 0 Å². The van der Waals surface area contributed by atoms with E-state index in [0.717, 1.165) is 12.0 Å². The van der Waals surface area contributed by atoms with E-state index in [1.807, 2.05) is 12.1 Å². The zero-order chi connectivity index (χ0) is 12.0. The molecule has 0 aliphatic rings. The summed E-state index contributed by atoms with van der Waals surface area (Å²) in [6, 6.07) is 7.10. The van der Waals surface area contributed by atoms with Crippen LogP contribution in [0.25, 0.3) is 0 Å². The van der Waals surface area contributed by atoms with Gasteiger partial charge in [-0.25, -0.2) is 0 Å². The zero-order valence-corrected chi connectivity index (χ0v) is 9.44. The van der Waals surface area contributed by atoms with Gasteiger partial charge in [-0.1, -0.05) is 12.1 Å². The minimum Gasteiger partial charge on any atom is -0.394 e.